The summed E-state index contributed by atoms with van der Waals surface area (Å²) >= 11 is 0. The Hall–Kier alpha value is -1.87. The first-order valence-electron chi connectivity index (χ1n) is 4.44. The van der Waals surface area contributed by atoms with E-state index in [0.29, 0.717) is 19.5 Å². The third-order valence-electron chi connectivity index (χ3n) is 2.25. The molecule has 1 aromatic heterocycles. The highest BCUT2D eigenvalue weighted by Gasteiger charge is 2.22. The number of hydrogen-bond acceptors (Lipinski definition) is 5. The van der Waals surface area contributed by atoms with E-state index in [1.165, 1.54) is 17.5 Å². The standard InChI is InChI=1S/C9H8N4O2.ClH/c10-5-15-9(14)13-2-1-8-7(4-13)3-11-6-12-8;/h3,6H,1-2,4H2;1H. The lowest BCUT2D eigenvalue weighted by molar-refractivity contribution is 0.136. The Morgan fingerprint density at radius 2 is 2.44 bits per heavy atom. The van der Waals surface area contributed by atoms with Crippen molar-refractivity contribution in [3.05, 3.63) is 23.8 Å². The van der Waals surface area contributed by atoms with E-state index in [0.717, 1.165) is 11.3 Å². The number of hydrogen-bond donors (Lipinski definition) is 0. The maximum Gasteiger partial charge on any atom is 0.425 e. The quantitative estimate of drug-likeness (QED) is 0.629. The molecule has 0 saturated heterocycles. The second-order valence-corrected chi connectivity index (χ2v) is 3.13. The van der Waals surface area contributed by atoms with E-state index in [-0.39, 0.29) is 12.4 Å². The lowest BCUT2D eigenvalue weighted by Gasteiger charge is -2.25. The predicted octanol–water partition coefficient (Wildman–Crippen LogP) is 0.874. The molecule has 1 aromatic rings. The van der Waals surface area contributed by atoms with Crippen LogP contribution in [0.2, 0.25) is 0 Å². The van der Waals surface area contributed by atoms with Crippen molar-refractivity contribution in [3.8, 4) is 6.26 Å². The lowest BCUT2D eigenvalue weighted by atomic mass is 10.1. The van der Waals surface area contributed by atoms with Crippen LogP contribution in [0.25, 0.3) is 0 Å². The Morgan fingerprint density at radius 1 is 1.62 bits per heavy atom. The van der Waals surface area contributed by atoms with Gasteiger partial charge in [0, 0.05) is 24.7 Å². The SMILES string of the molecule is Cl.N#COC(=O)N1CCc2ncncc2C1. The van der Waals surface area contributed by atoms with Crippen molar-refractivity contribution in [1.82, 2.24) is 14.9 Å². The van der Waals surface area contributed by atoms with E-state index >= 15 is 0 Å². The normalized spacial score (nSPS) is 13.1. The summed E-state index contributed by atoms with van der Waals surface area (Å²) in [6.07, 6.45) is 4.58. The van der Waals surface area contributed by atoms with E-state index in [9.17, 15) is 4.79 Å². The number of carbonyl (C=O) groups is 1. The van der Waals surface area contributed by atoms with Gasteiger partial charge in [-0.05, 0) is 0 Å². The minimum atomic E-state index is -0.619. The smallest absolute Gasteiger partial charge is 0.333 e. The molecule has 6 nitrogen and oxygen atoms in total. The van der Waals surface area contributed by atoms with Crippen molar-refractivity contribution >= 4 is 18.5 Å². The van der Waals surface area contributed by atoms with Crippen LogP contribution in [0.1, 0.15) is 11.3 Å². The monoisotopic (exact) mass is 240 g/mol. The molecule has 84 valence electrons. The van der Waals surface area contributed by atoms with Crippen molar-refractivity contribution in [2.24, 2.45) is 0 Å². The zero-order valence-electron chi connectivity index (χ0n) is 8.29. The first-order valence-corrected chi connectivity index (χ1v) is 4.44. The maximum atomic E-state index is 11.2. The zero-order valence-corrected chi connectivity index (χ0v) is 9.11. The van der Waals surface area contributed by atoms with Crippen LogP contribution >= 0.6 is 12.4 Å². The van der Waals surface area contributed by atoms with E-state index in [1.54, 1.807) is 6.20 Å². The van der Waals surface area contributed by atoms with Gasteiger partial charge in [0.15, 0.2) is 0 Å². The van der Waals surface area contributed by atoms with Gasteiger partial charge in [0.25, 0.3) is 6.26 Å². The average Bonchev–Trinajstić information content (AvgIpc) is 2.29. The second-order valence-electron chi connectivity index (χ2n) is 3.13. The number of fused-ring (bicyclic) bond motifs is 1. The van der Waals surface area contributed by atoms with Crippen LogP contribution < -0.4 is 0 Å². The molecule has 7 heteroatoms. The van der Waals surface area contributed by atoms with Gasteiger partial charge in [0.2, 0.25) is 0 Å². The fourth-order valence-corrected chi connectivity index (χ4v) is 1.53. The first-order chi connectivity index (χ1) is 7.31. The molecule has 0 saturated carbocycles. The van der Waals surface area contributed by atoms with Crippen molar-refractivity contribution < 1.29 is 9.53 Å². The van der Waals surface area contributed by atoms with E-state index < -0.39 is 6.09 Å². The third-order valence-corrected chi connectivity index (χ3v) is 2.25. The van der Waals surface area contributed by atoms with Gasteiger partial charge >= 0.3 is 6.09 Å². The summed E-state index contributed by atoms with van der Waals surface area (Å²) in [5, 5.41) is 8.22. The van der Waals surface area contributed by atoms with E-state index in [4.69, 9.17) is 5.26 Å². The van der Waals surface area contributed by atoms with Crippen LogP contribution in [0.5, 0.6) is 0 Å². The molecule has 0 atom stereocenters. The largest absolute Gasteiger partial charge is 0.425 e. The molecule has 2 rings (SSSR count). The van der Waals surface area contributed by atoms with E-state index in [2.05, 4.69) is 14.7 Å². The predicted molar refractivity (Wildman–Crippen MR) is 55.5 cm³/mol. The van der Waals surface area contributed by atoms with Gasteiger partial charge in [-0.3, -0.25) is 0 Å². The van der Waals surface area contributed by atoms with Crippen LogP contribution in [-0.4, -0.2) is 27.5 Å². The van der Waals surface area contributed by atoms with Crippen molar-refractivity contribution in [2.75, 3.05) is 6.54 Å². The number of ether oxygens (including phenoxy) is 1. The van der Waals surface area contributed by atoms with Crippen LogP contribution in [-0.2, 0) is 17.7 Å². The minimum absolute atomic E-state index is 0. The van der Waals surface area contributed by atoms with Gasteiger partial charge in [-0.2, -0.15) is 0 Å². The lowest BCUT2D eigenvalue weighted by Crippen LogP contribution is -2.36. The minimum Gasteiger partial charge on any atom is -0.333 e. The number of halogens is 1. The molecule has 1 aliphatic heterocycles. The summed E-state index contributed by atoms with van der Waals surface area (Å²) in [6.45, 7) is 0.918. The van der Waals surface area contributed by atoms with Gasteiger partial charge in [0.1, 0.15) is 6.33 Å². The van der Waals surface area contributed by atoms with Crippen LogP contribution in [0, 0.1) is 11.5 Å². The molecule has 0 N–H and O–H groups in total. The number of rotatable bonds is 0. The molecular weight excluding hydrogens is 232 g/mol. The fourth-order valence-electron chi connectivity index (χ4n) is 1.53. The topological polar surface area (TPSA) is 79.1 Å². The summed E-state index contributed by atoms with van der Waals surface area (Å²) < 4.78 is 4.25. The molecule has 0 unspecified atom stereocenters. The molecule has 0 aliphatic carbocycles. The Balaban J connectivity index is 0.00000128. The van der Waals surface area contributed by atoms with Crippen molar-refractivity contribution in [2.45, 2.75) is 13.0 Å². The van der Waals surface area contributed by atoms with E-state index in [1.807, 2.05) is 0 Å². The second kappa shape index (κ2) is 5.28. The van der Waals surface area contributed by atoms with Gasteiger partial charge in [-0.1, -0.05) is 0 Å². The highest BCUT2D eigenvalue weighted by Crippen LogP contribution is 2.15. The Bertz CT molecular complexity index is 432. The molecule has 0 radical (unpaired) electrons. The zero-order chi connectivity index (χ0) is 10.7. The van der Waals surface area contributed by atoms with Crippen molar-refractivity contribution in [1.29, 1.82) is 5.26 Å². The molecule has 1 amide bonds. The van der Waals surface area contributed by atoms with Crippen LogP contribution in [0.4, 0.5) is 4.79 Å². The molecule has 0 spiro atoms. The average molecular weight is 241 g/mol. The molecular formula is C9H9ClN4O2. The Kier molecular flexibility index (Phi) is 4.03. The molecule has 0 bridgehead atoms. The summed E-state index contributed by atoms with van der Waals surface area (Å²) in [5.74, 6) is 0. The maximum absolute atomic E-state index is 11.2. The number of aromatic nitrogens is 2. The van der Waals surface area contributed by atoms with Crippen molar-refractivity contribution in [3.63, 3.8) is 0 Å². The first kappa shape index (κ1) is 12.2. The molecule has 16 heavy (non-hydrogen) atoms. The number of nitriles is 1. The molecule has 2 heterocycles. The number of carbonyl (C=O) groups excluding carboxylic acids is 1. The third kappa shape index (κ3) is 2.38. The van der Waals surface area contributed by atoms with Gasteiger partial charge in [-0.15, -0.1) is 17.7 Å². The Labute approximate surface area is 98.3 Å². The fraction of sp³-hybridized carbons (Fsp3) is 0.333. The molecule has 0 fully saturated rings. The summed E-state index contributed by atoms with van der Waals surface area (Å²) in [7, 11) is 0. The molecule has 1 aliphatic rings. The molecule has 0 aromatic carbocycles. The summed E-state index contributed by atoms with van der Waals surface area (Å²) in [5.41, 5.74) is 1.85. The van der Waals surface area contributed by atoms with Gasteiger partial charge in [-0.25, -0.2) is 14.8 Å². The van der Waals surface area contributed by atoms with Gasteiger partial charge in [0.05, 0.1) is 12.2 Å². The summed E-state index contributed by atoms with van der Waals surface area (Å²) in [4.78, 5) is 20.7. The highest BCUT2D eigenvalue weighted by atomic mass is 35.5. The Morgan fingerprint density at radius 3 is 3.19 bits per heavy atom. The van der Waals surface area contributed by atoms with Gasteiger partial charge < -0.3 is 9.64 Å². The van der Waals surface area contributed by atoms with Crippen LogP contribution in [0.3, 0.4) is 0 Å². The number of amides is 1. The van der Waals surface area contributed by atoms with Crippen LogP contribution in [0.15, 0.2) is 12.5 Å². The number of nitrogens with zero attached hydrogens (tertiary/aromatic N) is 4. The summed E-state index contributed by atoms with van der Waals surface area (Å²) in [6, 6.07) is 0. The highest BCUT2D eigenvalue weighted by molar-refractivity contribution is 5.85.